The second kappa shape index (κ2) is 7.68. The van der Waals surface area contributed by atoms with E-state index in [4.69, 9.17) is 4.74 Å². The van der Waals surface area contributed by atoms with Gasteiger partial charge in [-0.1, -0.05) is 27.2 Å². The zero-order chi connectivity index (χ0) is 18.6. The van der Waals surface area contributed by atoms with E-state index in [2.05, 4.69) is 26.1 Å². The van der Waals surface area contributed by atoms with Crippen LogP contribution in [0.25, 0.3) is 0 Å². The van der Waals surface area contributed by atoms with Gasteiger partial charge in [0.25, 0.3) is 5.69 Å². The highest BCUT2D eigenvalue weighted by Crippen LogP contribution is 2.41. The summed E-state index contributed by atoms with van der Waals surface area (Å²) in [6, 6.07) is 4.37. The second-order valence-corrected chi connectivity index (χ2v) is 7.16. The van der Waals surface area contributed by atoms with E-state index in [9.17, 15) is 14.9 Å². The number of Topliss-reactive ketones (excluding diaryl/α,β-unsaturated/α-hetero) is 1. The lowest BCUT2D eigenvalue weighted by molar-refractivity contribution is -0.384. The highest BCUT2D eigenvalue weighted by atomic mass is 16.6. The summed E-state index contributed by atoms with van der Waals surface area (Å²) in [5.41, 5.74) is 1.54. The van der Waals surface area contributed by atoms with Gasteiger partial charge < -0.3 is 10.1 Å². The number of ether oxygens (including phenoxy) is 1. The van der Waals surface area contributed by atoms with Crippen molar-refractivity contribution in [3.8, 4) is 5.75 Å². The Morgan fingerprint density at radius 2 is 2.16 bits per heavy atom. The Kier molecular flexibility index (Phi) is 5.82. The maximum atomic E-state index is 12.2. The van der Waals surface area contributed by atoms with Crippen molar-refractivity contribution in [2.45, 2.75) is 46.5 Å². The van der Waals surface area contributed by atoms with Crippen molar-refractivity contribution >= 4 is 17.2 Å². The van der Waals surface area contributed by atoms with Crippen LogP contribution in [0.5, 0.6) is 5.75 Å². The fourth-order valence-corrected chi connectivity index (χ4v) is 3.12. The molecular weight excluding hydrogens is 320 g/mol. The number of benzene rings is 1. The molecular formula is C19H26N2O4. The molecule has 0 spiro atoms. The predicted molar refractivity (Wildman–Crippen MR) is 97.8 cm³/mol. The van der Waals surface area contributed by atoms with Crippen LogP contribution in [-0.2, 0) is 4.79 Å². The zero-order valence-corrected chi connectivity index (χ0v) is 15.3. The first-order valence-corrected chi connectivity index (χ1v) is 8.59. The number of anilines is 1. The van der Waals surface area contributed by atoms with E-state index < -0.39 is 4.92 Å². The Morgan fingerprint density at radius 3 is 2.76 bits per heavy atom. The van der Waals surface area contributed by atoms with Gasteiger partial charge >= 0.3 is 0 Å². The number of carbonyl (C=O) groups excluding carboxylic acids is 1. The third-order valence-corrected chi connectivity index (χ3v) is 5.36. The van der Waals surface area contributed by atoms with Crippen molar-refractivity contribution in [3.63, 3.8) is 0 Å². The molecule has 0 saturated heterocycles. The van der Waals surface area contributed by atoms with Crippen LogP contribution in [0.2, 0.25) is 0 Å². The van der Waals surface area contributed by atoms with Crippen LogP contribution >= 0.6 is 0 Å². The smallest absolute Gasteiger partial charge is 0.273 e. The van der Waals surface area contributed by atoms with Gasteiger partial charge in [-0.15, -0.1) is 0 Å². The second-order valence-electron chi connectivity index (χ2n) is 7.16. The summed E-state index contributed by atoms with van der Waals surface area (Å²) in [6.07, 6.45) is 5.05. The lowest BCUT2D eigenvalue weighted by Crippen LogP contribution is -2.29. The average Bonchev–Trinajstić information content (AvgIpc) is 2.60. The Morgan fingerprint density at radius 1 is 1.44 bits per heavy atom. The van der Waals surface area contributed by atoms with Crippen LogP contribution in [0.3, 0.4) is 0 Å². The number of non-ortho nitro benzene ring substituents is 1. The molecule has 1 atom stereocenters. The van der Waals surface area contributed by atoms with Gasteiger partial charge in [-0.25, -0.2) is 0 Å². The fraction of sp³-hybridized carbons (Fsp3) is 0.526. The monoisotopic (exact) mass is 346 g/mol. The van der Waals surface area contributed by atoms with E-state index in [0.29, 0.717) is 23.8 Å². The molecule has 1 aromatic carbocycles. The topological polar surface area (TPSA) is 81.5 Å². The molecule has 0 amide bonds. The third kappa shape index (κ3) is 4.38. The average molecular weight is 346 g/mol. The molecule has 1 aromatic rings. The number of nitrogens with zero attached hydrogens (tertiary/aromatic N) is 1. The Hall–Kier alpha value is -2.37. The maximum absolute atomic E-state index is 12.2. The molecule has 6 heteroatoms. The number of nitro groups is 1. The lowest BCUT2D eigenvalue weighted by Gasteiger charge is -2.36. The molecule has 0 radical (unpaired) electrons. The van der Waals surface area contributed by atoms with Gasteiger partial charge in [0.1, 0.15) is 5.75 Å². The van der Waals surface area contributed by atoms with E-state index in [-0.39, 0.29) is 16.9 Å². The van der Waals surface area contributed by atoms with E-state index >= 15 is 0 Å². The lowest BCUT2D eigenvalue weighted by atomic mass is 9.68. The number of nitrogens with one attached hydrogen (secondary N) is 1. The molecule has 136 valence electrons. The van der Waals surface area contributed by atoms with Crippen molar-refractivity contribution in [2.24, 2.45) is 11.3 Å². The normalized spacial score (nSPS) is 19.8. The van der Waals surface area contributed by atoms with Crippen LogP contribution in [0, 0.1) is 21.4 Å². The molecule has 25 heavy (non-hydrogen) atoms. The first kappa shape index (κ1) is 19.0. The number of methoxy groups -OCH3 is 1. The number of allylic oxidation sites excluding steroid dienone is 1. The van der Waals surface area contributed by atoms with Crippen molar-refractivity contribution < 1.29 is 14.5 Å². The minimum Gasteiger partial charge on any atom is -0.494 e. The molecule has 2 rings (SSSR count). The van der Waals surface area contributed by atoms with Gasteiger partial charge in [-0.05, 0) is 30.2 Å². The number of hydrogen-bond acceptors (Lipinski definition) is 5. The van der Waals surface area contributed by atoms with Crippen LogP contribution < -0.4 is 10.1 Å². The van der Waals surface area contributed by atoms with Gasteiger partial charge in [0.05, 0.1) is 23.8 Å². The number of nitro benzene ring substituents is 1. The molecule has 1 N–H and O–H groups in total. The summed E-state index contributed by atoms with van der Waals surface area (Å²) in [6.45, 7) is 6.68. The summed E-state index contributed by atoms with van der Waals surface area (Å²) in [5.74, 6) is 1.01. The van der Waals surface area contributed by atoms with Gasteiger partial charge in [-0.3, -0.25) is 14.9 Å². The predicted octanol–water partition coefficient (Wildman–Crippen LogP) is 4.70. The van der Waals surface area contributed by atoms with Crippen LogP contribution in [0.1, 0.15) is 46.5 Å². The van der Waals surface area contributed by atoms with Crippen molar-refractivity contribution in [1.29, 1.82) is 0 Å². The summed E-state index contributed by atoms with van der Waals surface area (Å²) in [5, 5.41) is 14.0. The Bertz CT molecular complexity index is 695. The molecule has 1 saturated carbocycles. The van der Waals surface area contributed by atoms with Gasteiger partial charge in [0.2, 0.25) is 0 Å². The van der Waals surface area contributed by atoms with Gasteiger partial charge in [0.15, 0.2) is 5.78 Å². The number of rotatable bonds is 6. The van der Waals surface area contributed by atoms with Crippen LogP contribution in [0.15, 0.2) is 30.0 Å². The Balaban J connectivity index is 2.19. The first-order valence-electron chi connectivity index (χ1n) is 8.59. The standard InChI is InChI=1S/C19H26N2O4/c1-5-19(2,3)14-6-9-17(22)13(10-14)12-20-16-8-7-15(21(23)24)11-18(16)25-4/h7-8,11-12,14,20H,5-6,9-10H2,1-4H3/b13-12+/t14-/m0/s1. The van der Waals surface area contributed by atoms with E-state index in [1.165, 1.54) is 19.2 Å². The molecule has 0 unspecified atom stereocenters. The molecule has 0 bridgehead atoms. The molecule has 0 aromatic heterocycles. The molecule has 1 aliphatic carbocycles. The number of hydrogen-bond donors (Lipinski definition) is 1. The van der Waals surface area contributed by atoms with Crippen molar-refractivity contribution in [2.75, 3.05) is 12.4 Å². The molecule has 1 aliphatic rings. The summed E-state index contributed by atoms with van der Waals surface area (Å²) in [4.78, 5) is 22.6. The maximum Gasteiger partial charge on any atom is 0.273 e. The van der Waals surface area contributed by atoms with Crippen molar-refractivity contribution in [1.82, 2.24) is 0 Å². The highest BCUT2D eigenvalue weighted by molar-refractivity contribution is 5.96. The van der Waals surface area contributed by atoms with Crippen LogP contribution in [-0.4, -0.2) is 17.8 Å². The number of ketones is 1. The van der Waals surface area contributed by atoms with E-state index in [1.54, 1.807) is 12.3 Å². The van der Waals surface area contributed by atoms with Gasteiger partial charge in [-0.2, -0.15) is 0 Å². The van der Waals surface area contributed by atoms with E-state index in [0.717, 1.165) is 24.8 Å². The molecule has 6 nitrogen and oxygen atoms in total. The quantitative estimate of drug-likeness (QED) is 0.458. The third-order valence-electron chi connectivity index (χ3n) is 5.36. The van der Waals surface area contributed by atoms with Gasteiger partial charge in [0, 0.05) is 24.3 Å². The zero-order valence-electron chi connectivity index (χ0n) is 15.3. The summed E-state index contributed by atoms with van der Waals surface area (Å²) < 4.78 is 5.21. The fourth-order valence-electron chi connectivity index (χ4n) is 3.12. The summed E-state index contributed by atoms with van der Waals surface area (Å²) in [7, 11) is 1.46. The Labute approximate surface area is 148 Å². The minimum absolute atomic E-state index is 0.0337. The summed E-state index contributed by atoms with van der Waals surface area (Å²) >= 11 is 0. The minimum atomic E-state index is -0.465. The highest BCUT2D eigenvalue weighted by Gasteiger charge is 2.33. The first-order chi connectivity index (χ1) is 11.8. The molecule has 0 aliphatic heterocycles. The van der Waals surface area contributed by atoms with E-state index in [1.807, 2.05) is 0 Å². The SMILES string of the molecule is CCC(C)(C)[C@H]1CCC(=O)/C(=C/Nc2ccc([N+](=O)[O-])cc2OC)C1. The molecule has 1 fully saturated rings. The number of carbonyl (C=O) groups is 1. The van der Waals surface area contributed by atoms with Crippen molar-refractivity contribution in [3.05, 3.63) is 40.1 Å². The molecule has 0 heterocycles. The largest absolute Gasteiger partial charge is 0.494 e. The van der Waals surface area contributed by atoms with Crippen LogP contribution in [0.4, 0.5) is 11.4 Å².